The Hall–Kier alpha value is -2.21. The Balaban J connectivity index is 1.62. The fourth-order valence-corrected chi connectivity index (χ4v) is 3.83. The highest BCUT2D eigenvalue weighted by molar-refractivity contribution is 5.93. The van der Waals surface area contributed by atoms with Gasteiger partial charge in [0.1, 0.15) is 0 Å². The number of carbonyl (C=O) groups excluding carboxylic acids is 1. The van der Waals surface area contributed by atoms with Crippen molar-refractivity contribution in [2.75, 3.05) is 13.1 Å². The number of aryl methyl sites for hydroxylation is 1. The van der Waals surface area contributed by atoms with Crippen molar-refractivity contribution in [3.63, 3.8) is 0 Å². The summed E-state index contributed by atoms with van der Waals surface area (Å²) in [4.78, 5) is 12.8. The number of aromatic nitrogens is 3. The summed E-state index contributed by atoms with van der Waals surface area (Å²) in [5.74, 6) is -0.0980. The molecule has 2 aromatic rings. The third-order valence-electron chi connectivity index (χ3n) is 5.39. The van der Waals surface area contributed by atoms with Crippen molar-refractivity contribution in [2.45, 2.75) is 64.5 Å². The molecule has 3 rings (SSSR count). The standard InChI is InChI=1S/C21H31N5O/c1-3-7-18(11-10-17-8-5-4-6-9-17)23-21(27)20-16(2)26(25-24-20)19-12-14-22-15-13-19/h4-6,8-9,18-19,22H,3,7,10-15H2,1-2H3,(H,23,27). The van der Waals surface area contributed by atoms with Gasteiger partial charge in [0, 0.05) is 6.04 Å². The largest absolute Gasteiger partial charge is 0.348 e. The molecule has 0 aliphatic carbocycles. The molecule has 1 unspecified atom stereocenters. The second-order valence-corrected chi connectivity index (χ2v) is 7.43. The van der Waals surface area contributed by atoms with E-state index < -0.39 is 0 Å². The van der Waals surface area contributed by atoms with Gasteiger partial charge in [-0.1, -0.05) is 48.9 Å². The molecule has 1 amide bonds. The van der Waals surface area contributed by atoms with Crippen molar-refractivity contribution in [3.8, 4) is 0 Å². The molecular formula is C21H31N5O. The second kappa shape index (κ2) is 9.65. The fraction of sp³-hybridized carbons (Fsp3) is 0.571. The maximum absolute atomic E-state index is 12.8. The van der Waals surface area contributed by atoms with Gasteiger partial charge in [0.2, 0.25) is 0 Å². The number of rotatable bonds is 8. The molecule has 2 heterocycles. The van der Waals surface area contributed by atoms with Gasteiger partial charge in [-0.25, -0.2) is 4.68 Å². The molecule has 0 radical (unpaired) electrons. The number of hydrogen-bond donors (Lipinski definition) is 2. The normalized spacial score (nSPS) is 16.2. The zero-order valence-corrected chi connectivity index (χ0v) is 16.4. The molecule has 1 atom stereocenters. The summed E-state index contributed by atoms with van der Waals surface area (Å²) < 4.78 is 1.94. The van der Waals surface area contributed by atoms with E-state index in [0.717, 1.165) is 57.3 Å². The molecule has 1 aliphatic rings. The van der Waals surface area contributed by atoms with Crippen LogP contribution in [0, 0.1) is 6.92 Å². The molecule has 27 heavy (non-hydrogen) atoms. The van der Waals surface area contributed by atoms with Crippen LogP contribution in [-0.2, 0) is 6.42 Å². The van der Waals surface area contributed by atoms with Gasteiger partial charge in [-0.2, -0.15) is 0 Å². The van der Waals surface area contributed by atoms with E-state index in [9.17, 15) is 4.79 Å². The van der Waals surface area contributed by atoms with Crippen LogP contribution in [0.3, 0.4) is 0 Å². The minimum Gasteiger partial charge on any atom is -0.348 e. The summed E-state index contributed by atoms with van der Waals surface area (Å²) in [5.41, 5.74) is 2.65. The number of carbonyl (C=O) groups is 1. The van der Waals surface area contributed by atoms with Crippen molar-refractivity contribution in [3.05, 3.63) is 47.3 Å². The highest BCUT2D eigenvalue weighted by atomic mass is 16.2. The average molecular weight is 370 g/mol. The molecule has 0 bridgehead atoms. The molecule has 146 valence electrons. The number of benzene rings is 1. The summed E-state index contributed by atoms with van der Waals surface area (Å²) in [6.07, 6.45) is 5.97. The quantitative estimate of drug-likeness (QED) is 0.750. The van der Waals surface area contributed by atoms with Gasteiger partial charge in [-0.05, 0) is 57.7 Å². The Morgan fingerprint density at radius 2 is 2.00 bits per heavy atom. The first-order chi connectivity index (χ1) is 13.2. The van der Waals surface area contributed by atoms with Crippen molar-refractivity contribution in [1.29, 1.82) is 0 Å². The molecule has 1 saturated heterocycles. The van der Waals surface area contributed by atoms with Gasteiger partial charge < -0.3 is 10.6 Å². The molecule has 0 spiro atoms. The third-order valence-corrected chi connectivity index (χ3v) is 5.39. The highest BCUT2D eigenvalue weighted by Crippen LogP contribution is 2.20. The van der Waals surface area contributed by atoms with Crippen molar-refractivity contribution in [2.24, 2.45) is 0 Å². The van der Waals surface area contributed by atoms with E-state index >= 15 is 0 Å². The Bertz CT molecular complexity index is 721. The molecule has 1 aromatic carbocycles. The van der Waals surface area contributed by atoms with Gasteiger partial charge in [0.25, 0.3) is 5.91 Å². The molecule has 0 saturated carbocycles. The Kier molecular flexibility index (Phi) is 6.98. The van der Waals surface area contributed by atoms with Gasteiger partial charge >= 0.3 is 0 Å². The number of nitrogens with one attached hydrogen (secondary N) is 2. The number of hydrogen-bond acceptors (Lipinski definition) is 4. The van der Waals surface area contributed by atoms with Gasteiger partial charge in [0.15, 0.2) is 5.69 Å². The van der Waals surface area contributed by atoms with Crippen molar-refractivity contribution < 1.29 is 4.79 Å². The van der Waals surface area contributed by atoms with Crippen LogP contribution >= 0.6 is 0 Å². The third kappa shape index (κ3) is 5.16. The molecule has 2 N–H and O–H groups in total. The molecule has 6 heteroatoms. The maximum atomic E-state index is 12.8. The lowest BCUT2D eigenvalue weighted by atomic mass is 10.0. The van der Waals surface area contributed by atoms with E-state index in [1.807, 2.05) is 17.7 Å². The summed E-state index contributed by atoms with van der Waals surface area (Å²) >= 11 is 0. The van der Waals surface area contributed by atoms with Gasteiger partial charge in [-0.3, -0.25) is 4.79 Å². The fourth-order valence-electron chi connectivity index (χ4n) is 3.83. The van der Waals surface area contributed by atoms with Crippen LogP contribution in [0.4, 0.5) is 0 Å². The first-order valence-corrected chi connectivity index (χ1v) is 10.2. The van der Waals surface area contributed by atoms with Crippen LogP contribution < -0.4 is 10.6 Å². The van der Waals surface area contributed by atoms with Gasteiger partial charge in [-0.15, -0.1) is 5.10 Å². The zero-order valence-electron chi connectivity index (χ0n) is 16.4. The van der Waals surface area contributed by atoms with E-state index in [2.05, 4.69) is 52.1 Å². The predicted octanol–water partition coefficient (Wildman–Crippen LogP) is 3.04. The lowest BCUT2D eigenvalue weighted by molar-refractivity contribution is 0.0927. The summed E-state index contributed by atoms with van der Waals surface area (Å²) in [6.45, 7) is 6.09. The average Bonchev–Trinajstić information content (AvgIpc) is 3.09. The molecule has 1 aliphatic heterocycles. The van der Waals surface area contributed by atoms with E-state index in [0.29, 0.717) is 11.7 Å². The van der Waals surface area contributed by atoms with Crippen LogP contribution in [0.1, 0.15) is 66.8 Å². The first kappa shape index (κ1) is 19.5. The molecule has 1 fully saturated rings. The lowest BCUT2D eigenvalue weighted by Gasteiger charge is -2.23. The van der Waals surface area contributed by atoms with E-state index in [4.69, 9.17) is 0 Å². The Morgan fingerprint density at radius 3 is 2.70 bits per heavy atom. The van der Waals surface area contributed by atoms with E-state index in [1.165, 1.54) is 5.56 Å². The van der Waals surface area contributed by atoms with Crippen LogP contribution in [-0.4, -0.2) is 40.0 Å². The number of amides is 1. The van der Waals surface area contributed by atoms with Crippen LogP contribution in [0.2, 0.25) is 0 Å². The summed E-state index contributed by atoms with van der Waals surface area (Å²) in [7, 11) is 0. The maximum Gasteiger partial charge on any atom is 0.273 e. The SMILES string of the molecule is CCCC(CCc1ccccc1)NC(=O)c1nnn(C2CCNCC2)c1C. The van der Waals surface area contributed by atoms with Crippen molar-refractivity contribution >= 4 is 5.91 Å². The van der Waals surface area contributed by atoms with Crippen LogP contribution in [0.5, 0.6) is 0 Å². The molecule has 1 aromatic heterocycles. The minimum atomic E-state index is -0.0980. The molecule has 6 nitrogen and oxygen atoms in total. The number of nitrogens with zero attached hydrogens (tertiary/aromatic N) is 3. The van der Waals surface area contributed by atoms with Crippen molar-refractivity contribution in [1.82, 2.24) is 25.6 Å². The van der Waals surface area contributed by atoms with Gasteiger partial charge in [0.05, 0.1) is 11.7 Å². The minimum absolute atomic E-state index is 0.0980. The monoisotopic (exact) mass is 369 g/mol. The zero-order chi connectivity index (χ0) is 19.1. The lowest BCUT2D eigenvalue weighted by Crippen LogP contribution is -2.36. The second-order valence-electron chi connectivity index (χ2n) is 7.43. The van der Waals surface area contributed by atoms with Crippen LogP contribution in [0.15, 0.2) is 30.3 Å². The highest BCUT2D eigenvalue weighted by Gasteiger charge is 2.24. The number of piperidine rings is 1. The van der Waals surface area contributed by atoms with Crippen LogP contribution in [0.25, 0.3) is 0 Å². The van der Waals surface area contributed by atoms with E-state index in [1.54, 1.807) is 0 Å². The summed E-state index contributed by atoms with van der Waals surface area (Å²) in [6, 6.07) is 10.9. The first-order valence-electron chi connectivity index (χ1n) is 10.2. The van der Waals surface area contributed by atoms with E-state index in [-0.39, 0.29) is 11.9 Å². The molecular weight excluding hydrogens is 338 g/mol. The Morgan fingerprint density at radius 1 is 1.26 bits per heavy atom. The topological polar surface area (TPSA) is 71.8 Å². The predicted molar refractivity (Wildman–Crippen MR) is 107 cm³/mol. The Labute approximate surface area is 161 Å². The summed E-state index contributed by atoms with van der Waals surface area (Å²) in [5, 5.41) is 15.0. The smallest absolute Gasteiger partial charge is 0.273 e.